The van der Waals surface area contributed by atoms with Crippen molar-refractivity contribution in [3.05, 3.63) is 34.6 Å². The molecule has 0 aliphatic heterocycles. The van der Waals surface area contributed by atoms with E-state index in [9.17, 15) is 4.39 Å². The first-order valence-corrected chi connectivity index (χ1v) is 6.22. The summed E-state index contributed by atoms with van der Waals surface area (Å²) in [7, 11) is 0. The van der Waals surface area contributed by atoms with Crippen molar-refractivity contribution in [3.8, 4) is 0 Å². The van der Waals surface area contributed by atoms with Crippen LogP contribution in [0.5, 0.6) is 0 Å². The van der Waals surface area contributed by atoms with Crippen molar-refractivity contribution < 1.29 is 4.39 Å². The molecule has 0 fully saturated rings. The Balaban J connectivity index is 2.62. The number of halogens is 2. The van der Waals surface area contributed by atoms with Gasteiger partial charge in [-0.05, 0) is 43.5 Å². The Morgan fingerprint density at radius 2 is 2.12 bits per heavy atom. The van der Waals surface area contributed by atoms with Gasteiger partial charge in [0.25, 0.3) is 0 Å². The van der Waals surface area contributed by atoms with Gasteiger partial charge in [0, 0.05) is 11.1 Å². The fourth-order valence-corrected chi connectivity index (χ4v) is 1.91. The lowest BCUT2D eigenvalue weighted by Gasteiger charge is -2.17. The second kappa shape index (κ2) is 6.87. The van der Waals surface area contributed by atoms with Gasteiger partial charge in [-0.3, -0.25) is 0 Å². The van der Waals surface area contributed by atoms with Gasteiger partial charge in [0.15, 0.2) is 0 Å². The summed E-state index contributed by atoms with van der Waals surface area (Å²) in [6.45, 7) is 5.30. The van der Waals surface area contributed by atoms with E-state index in [2.05, 4.69) is 19.2 Å². The molecule has 1 aromatic rings. The molecule has 0 saturated heterocycles. The maximum Gasteiger partial charge on any atom is 0.124 e. The van der Waals surface area contributed by atoms with E-state index in [1.54, 1.807) is 6.07 Å². The molecule has 0 aliphatic carbocycles. The summed E-state index contributed by atoms with van der Waals surface area (Å²) in [5.74, 6) is -0.275. The lowest BCUT2D eigenvalue weighted by Crippen LogP contribution is -2.31. The van der Waals surface area contributed by atoms with E-state index < -0.39 is 0 Å². The van der Waals surface area contributed by atoms with Gasteiger partial charge < -0.3 is 5.32 Å². The molecule has 0 heterocycles. The Morgan fingerprint density at radius 3 is 2.69 bits per heavy atom. The van der Waals surface area contributed by atoms with Crippen LogP contribution in [0.2, 0.25) is 5.02 Å². The molecule has 0 aliphatic rings. The summed E-state index contributed by atoms with van der Waals surface area (Å²) < 4.78 is 12.9. The Bertz CT molecular complexity index is 328. The molecule has 1 unspecified atom stereocenters. The van der Waals surface area contributed by atoms with Gasteiger partial charge in [0.2, 0.25) is 0 Å². The lowest BCUT2D eigenvalue weighted by molar-refractivity contribution is 0.494. The van der Waals surface area contributed by atoms with Crippen molar-refractivity contribution in [2.24, 2.45) is 0 Å². The van der Waals surface area contributed by atoms with Gasteiger partial charge >= 0.3 is 0 Å². The zero-order valence-electron chi connectivity index (χ0n) is 9.89. The third kappa shape index (κ3) is 4.11. The molecule has 1 nitrogen and oxygen atoms in total. The molecule has 0 spiro atoms. The monoisotopic (exact) mass is 243 g/mol. The highest BCUT2D eigenvalue weighted by Crippen LogP contribution is 2.19. The van der Waals surface area contributed by atoms with Crippen LogP contribution in [-0.2, 0) is 6.42 Å². The Kier molecular flexibility index (Phi) is 5.78. The first kappa shape index (κ1) is 13.5. The summed E-state index contributed by atoms with van der Waals surface area (Å²) in [4.78, 5) is 0. The molecule has 0 aromatic heterocycles. The van der Waals surface area contributed by atoms with Gasteiger partial charge in [-0.15, -0.1) is 0 Å². The molecule has 0 radical (unpaired) electrons. The quantitative estimate of drug-likeness (QED) is 0.802. The number of hydrogen-bond acceptors (Lipinski definition) is 1. The molecule has 0 bridgehead atoms. The molecular formula is C13H19ClFN. The fourth-order valence-electron chi connectivity index (χ4n) is 1.66. The molecule has 0 amide bonds. The predicted molar refractivity (Wildman–Crippen MR) is 67.5 cm³/mol. The van der Waals surface area contributed by atoms with Crippen LogP contribution < -0.4 is 5.32 Å². The molecule has 16 heavy (non-hydrogen) atoms. The van der Waals surface area contributed by atoms with Crippen molar-refractivity contribution >= 4 is 11.6 Å². The molecule has 0 saturated carbocycles. The summed E-state index contributed by atoms with van der Waals surface area (Å²) in [5, 5.41) is 3.98. The summed E-state index contributed by atoms with van der Waals surface area (Å²) in [5.41, 5.74) is 1.01. The maximum atomic E-state index is 12.9. The predicted octanol–water partition coefficient (Wildman–Crippen LogP) is 3.80. The Labute approximate surface area is 102 Å². The van der Waals surface area contributed by atoms with Crippen LogP contribution in [-0.4, -0.2) is 12.6 Å². The van der Waals surface area contributed by atoms with Crippen LogP contribution >= 0.6 is 11.6 Å². The minimum atomic E-state index is -0.275. The molecule has 1 aromatic carbocycles. The minimum absolute atomic E-state index is 0.275. The van der Waals surface area contributed by atoms with Gasteiger partial charge in [0.05, 0.1) is 0 Å². The van der Waals surface area contributed by atoms with Crippen LogP contribution in [0.3, 0.4) is 0 Å². The molecule has 3 heteroatoms. The van der Waals surface area contributed by atoms with Crippen LogP contribution in [0.15, 0.2) is 18.2 Å². The first-order chi connectivity index (χ1) is 7.67. The molecule has 1 N–H and O–H groups in total. The topological polar surface area (TPSA) is 12.0 Å². The van der Waals surface area contributed by atoms with E-state index in [0.717, 1.165) is 31.4 Å². The van der Waals surface area contributed by atoms with E-state index >= 15 is 0 Å². The van der Waals surface area contributed by atoms with Crippen molar-refractivity contribution in [1.82, 2.24) is 5.32 Å². The fraction of sp³-hybridized carbons (Fsp3) is 0.538. The lowest BCUT2D eigenvalue weighted by atomic mass is 10.0. The number of hydrogen-bond donors (Lipinski definition) is 1. The average Bonchev–Trinajstić information content (AvgIpc) is 2.27. The molecular weight excluding hydrogens is 225 g/mol. The Morgan fingerprint density at radius 1 is 1.38 bits per heavy atom. The third-order valence-electron chi connectivity index (χ3n) is 2.66. The summed E-state index contributed by atoms with van der Waals surface area (Å²) in [6, 6.07) is 5.04. The van der Waals surface area contributed by atoms with Gasteiger partial charge in [-0.25, -0.2) is 4.39 Å². The zero-order valence-corrected chi connectivity index (χ0v) is 10.6. The number of nitrogens with one attached hydrogen (secondary N) is 1. The van der Waals surface area contributed by atoms with Crippen molar-refractivity contribution in [2.75, 3.05) is 6.54 Å². The Hall–Kier alpha value is -0.600. The average molecular weight is 244 g/mol. The van der Waals surface area contributed by atoms with Crippen molar-refractivity contribution in [2.45, 2.75) is 39.2 Å². The largest absolute Gasteiger partial charge is 0.314 e. The van der Waals surface area contributed by atoms with E-state index in [0.29, 0.717) is 11.1 Å². The van der Waals surface area contributed by atoms with E-state index in [4.69, 9.17) is 11.6 Å². The maximum absolute atomic E-state index is 12.9. The smallest absolute Gasteiger partial charge is 0.124 e. The highest BCUT2D eigenvalue weighted by atomic mass is 35.5. The van der Waals surface area contributed by atoms with E-state index in [1.807, 2.05) is 0 Å². The second-order valence-electron chi connectivity index (χ2n) is 4.00. The van der Waals surface area contributed by atoms with Crippen LogP contribution in [0.1, 0.15) is 32.3 Å². The molecule has 1 atom stereocenters. The van der Waals surface area contributed by atoms with E-state index in [1.165, 1.54) is 12.1 Å². The minimum Gasteiger partial charge on any atom is -0.314 e. The number of benzene rings is 1. The summed E-state index contributed by atoms with van der Waals surface area (Å²) >= 11 is 6.00. The van der Waals surface area contributed by atoms with Gasteiger partial charge in [-0.1, -0.05) is 31.5 Å². The van der Waals surface area contributed by atoms with Crippen LogP contribution in [0.4, 0.5) is 4.39 Å². The van der Waals surface area contributed by atoms with E-state index in [-0.39, 0.29) is 5.82 Å². The normalized spacial score (nSPS) is 12.8. The first-order valence-electron chi connectivity index (χ1n) is 5.84. The molecule has 90 valence electrons. The zero-order chi connectivity index (χ0) is 12.0. The highest BCUT2D eigenvalue weighted by molar-refractivity contribution is 6.31. The summed E-state index contributed by atoms with van der Waals surface area (Å²) in [6.07, 6.45) is 3.02. The van der Waals surface area contributed by atoms with Crippen LogP contribution in [0.25, 0.3) is 0 Å². The standard InChI is InChI=1S/C13H19ClFN/c1-3-7-16-12(4-2)8-10-5-6-11(15)9-13(10)14/h5-6,9,12,16H,3-4,7-8H2,1-2H3. The van der Waals surface area contributed by atoms with Crippen molar-refractivity contribution in [1.29, 1.82) is 0 Å². The van der Waals surface area contributed by atoms with Gasteiger partial charge in [-0.2, -0.15) is 0 Å². The SMILES string of the molecule is CCCNC(CC)Cc1ccc(F)cc1Cl. The third-order valence-corrected chi connectivity index (χ3v) is 3.01. The second-order valence-corrected chi connectivity index (χ2v) is 4.41. The van der Waals surface area contributed by atoms with Gasteiger partial charge in [0.1, 0.15) is 5.82 Å². The van der Waals surface area contributed by atoms with Crippen LogP contribution in [0, 0.1) is 5.82 Å². The molecule has 1 rings (SSSR count). The highest BCUT2D eigenvalue weighted by Gasteiger charge is 2.09. The number of rotatable bonds is 6. The van der Waals surface area contributed by atoms with Crippen molar-refractivity contribution in [3.63, 3.8) is 0 Å².